The highest BCUT2D eigenvalue weighted by molar-refractivity contribution is 5.92. The molecule has 2 heterocycles. The first-order chi connectivity index (χ1) is 11.6. The van der Waals surface area contributed by atoms with E-state index in [4.69, 9.17) is 19.6 Å². The van der Waals surface area contributed by atoms with Crippen LogP contribution in [0.4, 0.5) is 5.82 Å². The number of carbonyl (C=O) groups is 1. The third kappa shape index (κ3) is 3.02. The summed E-state index contributed by atoms with van der Waals surface area (Å²) in [5.41, 5.74) is 5.79. The maximum absolute atomic E-state index is 12.0. The van der Waals surface area contributed by atoms with Gasteiger partial charge in [0.25, 0.3) is 0 Å². The number of anilines is 1. The van der Waals surface area contributed by atoms with Crippen molar-refractivity contribution in [2.75, 3.05) is 12.8 Å². The van der Waals surface area contributed by atoms with Crippen molar-refractivity contribution in [1.82, 2.24) is 9.97 Å². The van der Waals surface area contributed by atoms with Crippen molar-refractivity contribution in [3.05, 3.63) is 58.3 Å². The lowest BCUT2D eigenvalue weighted by molar-refractivity contribution is 0.0468. The molecule has 24 heavy (non-hydrogen) atoms. The lowest BCUT2D eigenvalue weighted by Crippen LogP contribution is -2.12. The van der Waals surface area contributed by atoms with E-state index in [1.54, 1.807) is 18.2 Å². The van der Waals surface area contributed by atoms with Gasteiger partial charge in [-0.05, 0) is 12.1 Å². The third-order valence-corrected chi connectivity index (χ3v) is 3.32. The second-order valence-electron chi connectivity index (χ2n) is 4.82. The summed E-state index contributed by atoms with van der Waals surface area (Å²) in [6, 6.07) is 6.29. The fourth-order valence-electron chi connectivity index (χ4n) is 2.17. The van der Waals surface area contributed by atoms with E-state index in [2.05, 4.69) is 9.97 Å². The summed E-state index contributed by atoms with van der Waals surface area (Å²) in [5, 5.41) is 0.635. The van der Waals surface area contributed by atoms with Gasteiger partial charge in [-0.1, -0.05) is 0 Å². The Kier molecular flexibility index (Phi) is 4.11. The smallest absolute Gasteiger partial charge is 0.361 e. The molecule has 0 amide bonds. The highest BCUT2D eigenvalue weighted by atomic mass is 16.5. The zero-order valence-corrected chi connectivity index (χ0v) is 12.7. The quantitative estimate of drug-likeness (QED) is 0.566. The average molecular weight is 327 g/mol. The molecule has 1 aromatic carbocycles. The van der Waals surface area contributed by atoms with Crippen LogP contribution in [0.5, 0.6) is 5.75 Å². The van der Waals surface area contributed by atoms with E-state index in [9.17, 15) is 9.59 Å². The number of rotatable bonds is 4. The summed E-state index contributed by atoms with van der Waals surface area (Å²) >= 11 is 0. The largest absolute Gasteiger partial charge is 0.497 e. The summed E-state index contributed by atoms with van der Waals surface area (Å²) in [4.78, 5) is 31.3. The van der Waals surface area contributed by atoms with Crippen molar-refractivity contribution in [2.45, 2.75) is 6.61 Å². The number of nitrogens with two attached hydrogens (primary N) is 1. The second-order valence-corrected chi connectivity index (χ2v) is 4.82. The number of ether oxygens (including phenoxy) is 2. The van der Waals surface area contributed by atoms with E-state index in [0.29, 0.717) is 22.3 Å². The molecule has 2 N–H and O–H groups in total. The van der Waals surface area contributed by atoms with Gasteiger partial charge in [0.05, 0.1) is 7.11 Å². The minimum Gasteiger partial charge on any atom is -0.497 e. The van der Waals surface area contributed by atoms with Gasteiger partial charge in [-0.3, -0.25) is 0 Å². The van der Waals surface area contributed by atoms with E-state index < -0.39 is 11.6 Å². The number of nitrogen functional groups attached to an aromatic ring is 1. The Hall–Kier alpha value is -3.42. The Bertz CT molecular complexity index is 967. The number of esters is 1. The van der Waals surface area contributed by atoms with Gasteiger partial charge in [0, 0.05) is 35.5 Å². The molecule has 0 aliphatic heterocycles. The zero-order chi connectivity index (χ0) is 17.1. The predicted octanol–water partition coefficient (Wildman–Crippen LogP) is 1.53. The maximum Gasteiger partial charge on any atom is 0.361 e. The van der Waals surface area contributed by atoms with Gasteiger partial charge in [0.15, 0.2) is 11.5 Å². The molecule has 0 saturated heterocycles. The van der Waals surface area contributed by atoms with Crippen LogP contribution in [0.1, 0.15) is 16.1 Å². The molecule has 0 atom stereocenters. The van der Waals surface area contributed by atoms with Gasteiger partial charge in [-0.25, -0.2) is 19.6 Å². The molecule has 0 aliphatic rings. The van der Waals surface area contributed by atoms with Crippen molar-refractivity contribution in [3.8, 4) is 5.75 Å². The van der Waals surface area contributed by atoms with Crippen LogP contribution < -0.4 is 16.1 Å². The van der Waals surface area contributed by atoms with E-state index in [1.165, 1.54) is 25.6 Å². The van der Waals surface area contributed by atoms with Gasteiger partial charge < -0.3 is 19.6 Å². The first-order valence-electron chi connectivity index (χ1n) is 6.93. The van der Waals surface area contributed by atoms with Crippen molar-refractivity contribution < 1.29 is 18.7 Å². The van der Waals surface area contributed by atoms with Crippen LogP contribution >= 0.6 is 0 Å². The monoisotopic (exact) mass is 327 g/mol. The first kappa shape index (κ1) is 15.5. The second kappa shape index (κ2) is 6.37. The number of aromatic nitrogens is 2. The maximum atomic E-state index is 12.0. The molecule has 0 unspecified atom stereocenters. The van der Waals surface area contributed by atoms with Gasteiger partial charge >= 0.3 is 11.6 Å². The van der Waals surface area contributed by atoms with E-state index >= 15 is 0 Å². The Morgan fingerprint density at radius 2 is 2.04 bits per heavy atom. The fraction of sp³-hybridized carbons (Fsp3) is 0.125. The Morgan fingerprint density at radius 1 is 1.25 bits per heavy atom. The van der Waals surface area contributed by atoms with Crippen molar-refractivity contribution in [1.29, 1.82) is 0 Å². The summed E-state index contributed by atoms with van der Waals surface area (Å²) in [7, 11) is 1.51. The molecule has 2 aromatic heterocycles. The molecule has 122 valence electrons. The van der Waals surface area contributed by atoms with Gasteiger partial charge in [0.1, 0.15) is 17.9 Å². The lowest BCUT2D eigenvalue weighted by Gasteiger charge is -2.08. The standard InChI is InChI=1S/C16H13N3O5/c1-22-10-2-3-11-9(6-13(20)24-12(11)7-10)8-23-16(21)14-15(17)19-5-4-18-14/h2-7H,8H2,1H3,(H2,17,19). The summed E-state index contributed by atoms with van der Waals surface area (Å²) in [5.74, 6) is -0.202. The van der Waals surface area contributed by atoms with E-state index in [0.717, 1.165) is 0 Å². The summed E-state index contributed by atoms with van der Waals surface area (Å²) in [6.07, 6.45) is 2.71. The molecular formula is C16H13N3O5. The molecule has 0 saturated carbocycles. The van der Waals surface area contributed by atoms with Crippen molar-refractivity contribution in [2.24, 2.45) is 0 Å². The highest BCUT2D eigenvalue weighted by Crippen LogP contribution is 2.23. The van der Waals surface area contributed by atoms with Crippen LogP contribution in [0.2, 0.25) is 0 Å². The molecule has 8 heteroatoms. The number of carbonyl (C=O) groups excluding carboxylic acids is 1. The number of hydrogen-bond acceptors (Lipinski definition) is 8. The van der Waals surface area contributed by atoms with Gasteiger partial charge in [0.2, 0.25) is 0 Å². The summed E-state index contributed by atoms with van der Waals surface area (Å²) < 4.78 is 15.4. The number of methoxy groups -OCH3 is 1. The van der Waals surface area contributed by atoms with Gasteiger partial charge in [-0.2, -0.15) is 0 Å². The van der Waals surface area contributed by atoms with Crippen LogP contribution in [0.3, 0.4) is 0 Å². The van der Waals surface area contributed by atoms with Crippen LogP contribution in [0, 0.1) is 0 Å². The molecule has 0 bridgehead atoms. The number of benzene rings is 1. The zero-order valence-electron chi connectivity index (χ0n) is 12.7. The molecule has 0 aliphatic carbocycles. The lowest BCUT2D eigenvalue weighted by atomic mass is 10.1. The molecule has 3 aromatic rings. The minimum absolute atomic E-state index is 0.0235. The molecule has 0 spiro atoms. The predicted molar refractivity (Wildman–Crippen MR) is 84.6 cm³/mol. The number of hydrogen-bond donors (Lipinski definition) is 1. The average Bonchev–Trinajstić information content (AvgIpc) is 2.59. The van der Waals surface area contributed by atoms with Crippen molar-refractivity contribution >= 4 is 22.8 Å². The molecule has 0 fully saturated rings. The number of nitrogens with zero attached hydrogens (tertiary/aromatic N) is 2. The van der Waals surface area contributed by atoms with Crippen molar-refractivity contribution in [3.63, 3.8) is 0 Å². The fourth-order valence-corrected chi connectivity index (χ4v) is 2.17. The Labute approximate surface area is 135 Å². The molecule has 3 rings (SSSR count). The topological polar surface area (TPSA) is 118 Å². The van der Waals surface area contributed by atoms with Crippen LogP contribution in [0.15, 0.2) is 45.9 Å². The van der Waals surface area contributed by atoms with E-state index in [1.807, 2.05) is 0 Å². The first-order valence-corrected chi connectivity index (χ1v) is 6.93. The van der Waals surface area contributed by atoms with Crippen LogP contribution in [0.25, 0.3) is 11.0 Å². The minimum atomic E-state index is -0.726. The van der Waals surface area contributed by atoms with Gasteiger partial charge in [-0.15, -0.1) is 0 Å². The highest BCUT2D eigenvalue weighted by Gasteiger charge is 2.15. The van der Waals surface area contributed by atoms with E-state index in [-0.39, 0.29) is 18.1 Å². The normalized spacial score (nSPS) is 10.5. The molecule has 8 nitrogen and oxygen atoms in total. The van der Waals surface area contributed by atoms with Crippen LogP contribution in [-0.4, -0.2) is 23.0 Å². The Morgan fingerprint density at radius 3 is 2.79 bits per heavy atom. The summed E-state index contributed by atoms with van der Waals surface area (Å²) in [6.45, 7) is -0.136. The Balaban J connectivity index is 1.89. The third-order valence-electron chi connectivity index (χ3n) is 3.32. The SMILES string of the molecule is COc1ccc2c(COC(=O)c3nccnc3N)cc(=O)oc2c1. The van der Waals surface area contributed by atoms with Crippen LogP contribution in [-0.2, 0) is 11.3 Å². The molecular weight excluding hydrogens is 314 g/mol. The number of fused-ring (bicyclic) bond motifs is 1. The molecule has 0 radical (unpaired) electrons.